The zero-order valence-electron chi connectivity index (χ0n) is 17.8. The van der Waals surface area contributed by atoms with Crippen LogP contribution in [0.2, 0.25) is 0 Å². The van der Waals surface area contributed by atoms with Crippen LogP contribution in [-0.2, 0) is 11.2 Å². The summed E-state index contributed by atoms with van der Waals surface area (Å²) in [5.74, 6) is 0.573. The Bertz CT molecular complexity index is 946. The van der Waals surface area contributed by atoms with Gasteiger partial charge in [-0.3, -0.25) is 4.79 Å². The molecule has 3 N–H and O–H groups in total. The third kappa shape index (κ3) is 3.87. The molecule has 0 radical (unpaired) electrons. The number of hydrogen-bond donors (Lipinski definition) is 2. The molecule has 0 saturated heterocycles. The van der Waals surface area contributed by atoms with Crippen LogP contribution in [0.4, 0.5) is 0 Å². The first kappa shape index (κ1) is 21.7. The maximum atomic E-state index is 13.3. The Hall–Kier alpha value is -3.00. The molecular weight excluding hydrogens is 388 g/mol. The highest BCUT2D eigenvalue weighted by Crippen LogP contribution is 2.48. The number of Topliss-reactive ketones (excluding diaryl/α,β-unsaturated/α-hetero) is 1. The van der Waals surface area contributed by atoms with Gasteiger partial charge in [-0.25, -0.2) is 4.79 Å². The first-order chi connectivity index (χ1) is 14.5. The van der Waals surface area contributed by atoms with E-state index in [2.05, 4.69) is 4.98 Å². The number of benzene rings is 1. The van der Waals surface area contributed by atoms with Gasteiger partial charge in [0.25, 0.3) is 0 Å². The van der Waals surface area contributed by atoms with Crippen LogP contribution in [-0.4, -0.2) is 51.2 Å². The lowest BCUT2D eigenvalue weighted by Crippen LogP contribution is -2.13. The Morgan fingerprint density at radius 3 is 2.33 bits per heavy atom. The Kier molecular flexibility index (Phi) is 6.66. The van der Waals surface area contributed by atoms with Gasteiger partial charge in [-0.1, -0.05) is 0 Å². The number of nitrogens with two attached hydrogens (primary N) is 1. The van der Waals surface area contributed by atoms with E-state index in [0.717, 1.165) is 12.8 Å². The van der Waals surface area contributed by atoms with E-state index in [1.807, 2.05) is 0 Å². The molecule has 8 heteroatoms. The zero-order chi connectivity index (χ0) is 21.8. The largest absolute Gasteiger partial charge is 0.493 e. The minimum Gasteiger partial charge on any atom is -0.493 e. The fourth-order valence-corrected chi connectivity index (χ4v) is 3.63. The van der Waals surface area contributed by atoms with Gasteiger partial charge in [0.2, 0.25) is 5.75 Å². The second-order valence-electron chi connectivity index (χ2n) is 7.01. The van der Waals surface area contributed by atoms with Crippen molar-refractivity contribution in [2.24, 2.45) is 11.7 Å². The number of carbonyl (C=O) groups is 2. The van der Waals surface area contributed by atoms with E-state index in [1.54, 1.807) is 19.1 Å². The van der Waals surface area contributed by atoms with Crippen LogP contribution in [0, 0.1) is 5.92 Å². The van der Waals surface area contributed by atoms with Gasteiger partial charge >= 0.3 is 5.97 Å². The fourth-order valence-electron chi connectivity index (χ4n) is 3.63. The summed E-state index contributed by atoms with van der Waals surface area (Å²) in [6.07, 6.45) is 2.05. The molecule has 8 nitrogen and oxygen atoms in total. The van der Waals surface area contributed by atoms with E-state index in [9.17, 15) is 9.59 Å². The number of carbonyl (C=O) groups excluding carboxylic acids is 2. The smallest absolute Gasteiger partial charge is 0.355 e. The van der Waals surface area contributed by atoms with Crippen LogP contribution < -0.4 is 19.9 Å². The number of aromatic nitrogens is 1. The molecule has 1 aromatic carbocycles. The van der Waals surface area contributed by atoms with Gasteiger partial charge in [0.05, 0.1) is 33.5 Å². The van der Waals surface area contributed by atoms with Crippen LogP contribution in [0.25, 0.3) is 11.1 Å². The highest BCUT2D eigenvalue weighted by molar-refractivity contribution is 6.13. The van der Waals surface area contributed by atoms with E-state index >= 15 is 0 Å². The van der Waals surface area contributed by atoms with E-state index < -0.39 is 5.97 Å². The molecule has 1 aromatic heterocycles. The van der Waals surface area contributed by atoms with Crippen LogP contribution in [0.3, 0.4) is 0 Å². The van der Waals surface area contributed by atoms with Crippen molar-refractivity contribution >= 4 is 11.8 Å². The van der Waals surface area contributed by atoms with E-state index in [1.165, 1.54) is 21.3 Å². The lowest BCUT2D eigenvalue weighted by molar-refractivity contribution is 0.0516. The summed E-state index contributed by atoms with van der Waals surface area (Å²) >= 11 is 0. The van der Waals surface area contributed by atoms with Gasteiger partial charge in [0.15, 0.2) is 17.3 Å². The van der Waals surface area contributed by atoms with Crippen molar-refractivity contribution in [2.75, 3.05) is 34.5 Å². The molecule has 0 atom stereocenters. The summed E-state index contributed by atoms with van der Waals surface area (Å²) in [6, 6.07) is 3.54. The molecule has 1 aliphatic carbocycles. The maximum absolute atomic E-state index is 13.3. The number of aromatic amines is 1. The van der Waals surface area contributed by atoms with Crippen molar-refractivity contribution in [1.82, 2.24) is 4.98 Å². The van der Waals surface area contributed by atoms with E-state index in [-0.39, 0.29) is 24.0 Å². The van der Waals surface area contributed by atoms with Crippen molar-refractivity contribution in [3.05, 3.63) is 29.1 Å². The zero-order valence-corrected chi connectivity index (χ0v) is 17.8. The normalized spacial score (nSPS) is 13.1. The first-order valence-electron chi connectivity index (χ1n) is 9.97. The summed E-state index contributed by atoms with van der Waals surface area (Å²) < 4.78 is 21.7. The molecule has 30 heavy (non-hydrogen) atoms. The molecule has 0 amide bonds. The number of ether oxygens (including phenoxy) is 4. The molecule has 0 unspecified atom stereocenters. The Morgan fingerprint density at radius 2 is 1.80 bits per heavy atom. The van der Waals surface area contributed by atoms with Gasteiger partial charge in [-0.15, -0.1) is 0 Å². The van der Waals surface area contributed by atoms with E-state index in [0.29, 0.717) is 52.6 Å². The highest BCUT2D eigenvalue weighted by atomic mass is 16.5. The van der Waals surface area contributed by atoms with Crippen molar-refractivity contribution in [3.63, 3.8) is 0 Å². The summed E-state index contributed by atoms with van der Waals surface area (Å²) in [5.41, 5.74) is 8.20. The molecule has 1 fully saturated rings. The molecule has 3 rings (SSSR count). The number of esters is 1. The Labute approximate surface area is 175 Å². The Balaban J connectivity index is 2.32. The average molecular weight is 416 g/mol. The van der Waals surface area contributed by atoms with Gasteiger partial charge in [0, 0.05) is 29.2 Å². The summed E-state index contributed by atoms with van der Waals surface area (Å²) in [5, 5.41) is 0. The highest BCUT2D eigenvalue weighted by Gasteiger charge is 2.38. The third-order valence-electron chi connectivity index (χ3n) is 5.12. The molecular formula is C22H28N2O6. The predicted octanol–water partition coefficient (Wildman–Crippen LogP) is 2.98. The molecule has 1 heterocycles. The standard InChI is InChI=1S/C22H28N2O6/c1-5-30-22(26)18-17(19(25)12-6-7-12)16(14(24-18)10-11-23)13-8-9-15(27-2)21(29-4)20(13)28-3/h8-9,12,24H,5-7,10-11,23H2,1-4H3. The molecule has 2 aromatic rings. The van der Waals surface area contributed by atoms with Crippen LogP contribution in [0.1, 0.15) is 46.3 Å². The van der Waals surface area contributed by atoms with Crippen LogP contribution in [0.15, 0.2) is 12.1 Å². The Morgan fingerprint density at radius 1 is 1.10 bits per heavy atom. The lowest BCUT2D eigenvalue weighted by atomic mass is 9.93. The van der Waals surface area contributed by atoms with Crippen molar-refractivity contribution in [1.29, 1.82) is 0 Å². The molecule has 1 saturated carbocycles. The quantitative estimate of drug-likeness (QED) is 0.452. The third-order valence-corrected chi connectivity index (χ3v) is 5.12. The molecule has 0 spiro atoms. The predicted molar refractivity (Wildman–Crippen MR) is 112 cm³/mol. The second-order valence-corrected chi connectivity index (χ2v) is 7.01. The minimum absolute atomic E-state index is 0.0792. The second kappa shape index (κ2) is 9.21. The summed E-state index contributed by atoms with van der Waals surface area (Å²) in [7, 11) is 4.57. The SMILES string of the molecule is CCOC(=O)c1[nH]c(CCN)c(-c2ccc(OC)c(OC)c2OC)c1C(=O)C1CC1. The number of nitrogens with one attached hydrogen (secondary N) is 1. The first-order valence-corrected chi connectivity index (χ1v) is 9.97. The number of hydrogen-bond acceptors (Lipinski definition) is 7. The summed E-state index contributed by atoms with van der Waals surface area (Å²) in [4.78, 5) is 29.1. The average Bonchev–Trinajstić information content (AvgIpc) is 3.53. The van der Waals surface area contributed by atoms with E-state index in [4.69, 9.17) is 24.7 Å². The maximum Gasteiger partial charge on any atom is 0.355 e. The number of ketones is 1. The number of methoxy groups -OCH3 is 3. The van der Waals surface area contributed by atoms with Crippen LogP contribution in [0.5, 0.6) is 17.2 Å². The monoisotopic (exact) mass is 416 g/mol. The molecule has 1 aliphatic rings. The summed E-state index contributed by atoms with van der Waals surface area (Å²) in [6.45, 7) is 2.26. The minimum atomic E-state index is -0.564. The molecule has 0 aliphatic heterocycles. The van der Waals surface area contributed by atoms with Crippen molar-refractivity contribution in [2.45, 2.75) is 26.2 Å². The van der Waals surface area contributed by atoms with Gasteiger partial charge in [-0.2, -0.15) is 0 Å². The lowest BCUT2D eigenvalue weighted by Gasteiger charge is -2.17. The number of rotatable bonds is 10. The van der Waals surface area contributed by atoms with Crippen molar-refractivity contribution in [3.8, 4) is 28.4 Å². The molecule has 162 valence electrons. The number of H-pyrrole nitrogens is 1. The topological polar surface area (TPSA) is 113 Å². The van der Waals surface area contributed by atoms with Gasteiger partial charge < -0.3 is 29.7 Å². The molecule has 0 bridgehead atoms. The van der Waals surface area contributed by atoms with Gasteiger partial charge in [0.1, 0.15) is 5.69 Å². The van der Waals surface area contributed by atoms with Gasteiger partial charge in [-0.05, 0) is 38.4 Å². The fraction of sp³-hybridized carbons (Fsp3) is 0.455. The van der Waals surface area contributed by atoms with Crippen molar-refractivity contribution < 1.29 is 28.5 Å². The van der Waals surface area contributed by atoms with Crippen LogP contribution >= 0.6 is 0 Å².